The van der Waals surface area contributed by atoms with Crippen LogP contribution in [0.3, 0.4) is 0 Å². The van der Waals surface area contributed by atoms with Crippen molar-refractivity contribution in [2.75, 3.05) is 26.3 Å². The third-order valence-corrected chi connectivity index (χ3v) is 6.09. The summed E-state index contributed by atoms with van der Waals surface area (Å²) in [6, 6.07) is 13.4. The molecule has 29 heavy (non-hydrogen) atoms. The number of rotatable bonds is 9. The second-order valence-corrected chi connectivity index (χ2v) is 8.70. The van der Waals surface area contributed by atoms with Gasteiger partial charge in [-0.2, -0.15) is 0 Å². The van der Waals surface area contributed by atoms with Gasteiger partial charge in [-0.3, -0.25) is 4.79 Å². The number of ether oxygens (including phenoxy) is 2. The van der Waals surface area contributed by atoms with E-state index in [1.54, 1.807) is 48.5 Å². The first-order chi connectivity index (χ1) is 13.9. The lowest BCUT2D eigenvalue weighted by molar-refractivity contribution is 0.0679. The van der Waals surface area contributed by atoms with E-state index >= 15 is 0 Å². The summed E-state index contributed by atoms with van der Waals surface area (Å²) in [6.07, 6.45) is 2.21. The molecule has 0 spiro atoms. The van der Waals surface area contributed by atoms with Crippen LogP contribution in [0.4, 0.5) is 0 Å². The molecule has 0 bridgehead atoms. The number of nitrogens with one attached hydrogen (secondary N) is 2. The van der Waals surface area contributed by atoms with Crippen LogP contribution in [-0.2, 0) is 14.8 Å². The van der Waals surface area contributed by atoms with E-state index in [2.05, 4.69) is 10.0 Å². The lowest BCUT2D eigenvalue weighted by Gasteiger charge is -2.12. The average molecular weight is 419 g/mol. The zero-order valence-corrected chi connectivity index (χ0v) is 17.2. The molecule has 0 aromatic heterocycles. The third kappa shape index (κ3) is 6.28. The number of hydrogen-bond donors (Lipinski definition) is 2. The van der Waals surface area contributed by atoms with Crippen molar-refractivity contribution in [1.29, 1.82) is 0 Å². The third-order valence-electron chi connectivity index (χ3n) is 4.61. The van der Waals surface area contributed by atoms with Crippen LogP contribution < -0.4 is 14.8 Å². The van der Waals surface area contributed by atoms with Gasteiger partial charge in [0.15, 0.2) is 0 Å². The number of aryl methyl sites for hydroxylation is 1. The number of amides is 1. The van der Waals surface area contributed by atoms with Gasteiger partial charge in [0.25, 0.3) is 5.91 Å². The Balaban J connectivity index is 1.41. The van der Waals surface area contributed by atoms with Crippen LogP contribution in [-0.4, -0.2) is 46.7 Å². The molecule has 1 saturated heterocycles. The molecule has 0 radical (unpaired) electrons. The van der Waals surface area contributed by atoms with Crippen LogP contribution >= 0.6 is 0 Å². The molecule has 1 heterocycles. The van der Waals surface area contributed by atoms with Crippen LogP contribution in [0.2, 0.25) is 0 Å². The molecule has 0 saturated carbocycles. The molecule has 2 aromatic carbocycles. The van der Waals surface area contributed by atoms with Gasteiger partial charge in [-0.05, 0) is 56.2 Å². The minimum Gasteiger partial charge on any atom is -0.491 e. The van der Waals surface area contributed by atoms with Crippen molar-refractivity contribution in [2.45, 2.75) is 30.8 Å². The Morgan fingerprint density at radius 2 is 1.83 bits per heavy atom. The Hall–Kier alpha value is -2.42. The van der Waals surface area contributed by atoms with E-state index in [0.29, 0.717) is 17.9 Å². The molecule has 8 heteroatoms. The fourth-order valence-electron chi connectivity index (χ4n) is 2.93. The molecule has 1 unspecified atom stereocenters. The second-order valence-electron chi connectivity index (χ2n) is 6.94. The van der Waals surface area contributed by atoms with E-state index in [4.69, 9.17) is 9.47 Å². The maximum Gasteiger partial charge on any atom is 0.251 e. The van der Waals surface area contributed by atoms with Crippen molar-refractivity contribution in [3.05, 3.63) is 59.7 Å². The van der Waals surface area contributed by atoms with E-state index in [-0.39, 0.29) is 30.0 Å². The van der Waals surface area contributed by atoms with Gasteiger partial charge >= 0.3 is 0 Å². The first kappa shape index (κ1) is 21.3. The molecule has 156 valence electrons. The second kappa shape index (κ2) is 9.87. The largest absolute Gasteiger partial charge is 0.491 e. The van der Waals surface area contributed by atoms with E-state index in [9.17, 15) is 13.2 Å². The predicted molar refractivity (Wildman–Crippen MR) is 110 cm³/mol. The molecule has 1 fully saturated rings. The van der Waals surface area contributed by atoms with Gasteiger partial charge in [-0.1, -0.05) is 17.7 Å². The van der Waals surface area contributed by atoms with Crippen molar-refractivity contribution in [3.8, 4) is 5.75 Å². The Kier molecular flexibility index (Phi) is 7.24. The summed E-state index contributed by atoms with van der Waals surface area (Å²) in [5.74, 6) is 0.410. The van der Waals surface area contributed by atoms with Gasteiger partial charge < -0.3 is 14.8 Å². The number of carbonyl (C=O) groups excluding carboxylic acids is 1. The lowest BCUT2D eigenvalue weighted by Crippen LogP contribution is -2.34. The quantitative estimate of drug-likeness (QED) is 0.610. The van der Waals surface area contributed by atoms with E-state index < -0.39 is 10.0 Å². The Labute approximate surface area is 171 Å². The summed E-state index contributed by atoms with van der Waals surface area (Å²) >= 11 is 0. The molecule has 1 amide bonds. The normalized spacial score (nSPS) is 16.5. The topological polar surface area (TPSA) is 93.7 Å². The van der Waals surface area contributed by atoms with Crippen molar-refractivity contribution in [3.63, 3.8) is 0 Å². The summed E-state index contributed by atoms with van der Waals surface area (Å²) < 4.78 is 38.1. The SMILES string of the molecule is Cc1ccc(S(=O)(=O)NCCNC(=O)c2ccc(OCC3CCCO3)cc2)cc1. The predicted octanol–water partition coefficient (Wildman–Crippen LogP) is 2.26. The highest BCUT2D eigenvalue weighted by Gasteiger charge is 2.16. The number of hydrogen-bond acceptors (Lipinski definition) is 5. The molecule has 1 aliphatic heterocycles. The van der Waals surface area contributed by atoms with Crippen LogP contribution in [0.5, 0.6) is 5.75 Å². The molecule has 2 N–H and O–H groups in total. The molecular formula is C21H26N2O5S. The van der Waals surface area contributed by atoms with Crippen LogP contribution in [0, 0.1) is 6.92 Å². The zero-order chi connectivity index (χ0) is 20.7. The molecule has 3 rings (SSSR count). The van der Waals surface area contributed by atoms with Gasteiger partial charge in [0.2, 0.25) is 10.0 Å². The van der Waals surface area contributed by atoms with Crippen molar-refractivity contribution >= 4 is 15.9 Å². The minimum absolute atomic E-state index is 0.102. The smallest absolute Gasteiger partial charge is 0.251 e. The lowest BCUT2D eigenvalue weighted by atomic mass is 10.2. The monoisotopic (exact) mass is 418 g/mol. The summed E-state index contributed by atoms with van der Waals surface area (Å²) in [5.41, 5.74) is 1.47. The van der Waals surface area contributed by atoms with Crippen molar-refractivity contribution < 1.29 is 22.7 Å². The van der Waals surface area contributed by atoms with Crippen LogP contribution in [0.15, 0.2) is 53.4 Å². The maximum atomic E-state index is 12.2. The van der Waals surface area contributed by atoms with E-state index in [1.165, 1.54) is 0 Å². The van der Waals surface area contributed by atoms with Crippen LogP contribution in [0.1, 0.15) is 28.8 Å². The Morgan fingerprint density at radius 1 is 1.10 bits per heavy atom. The zero-order valence-electron chi connectivity index (χ0n) is 16.4. The van der Waals surface area contributed by atoms with Gasteiger partial charge in [0, 0.05) is 25.3 Å². The first-order valence-electron chi connectivity index (χ1n) is 9.63. The standard InChI is InChI=1S/C21H26N2O5S/c1-16-4-10-20(11-5-16)29(25,26)23-13-12-22-21(24)17-6-8-18(9-7-17)28-15-19-3-2-14-27-19/h4-11,19,23H,2-3,12-15H2,1H3,(H,22,24). The van der Waals surface area contributed by atoms with Crippen molar-refractivity contribution in [2.24, 2.45) is 0 Å². The summed E-state index contributed by atoms with van der Waals surface area (Å²) in [7, 11) is -3.59. The highest BCUT2D eigenvalue weighted by atomic mass is 32.2. The molecule has 1 atom stereocenters. The molecule has 2 aromatic rings. The van der Waals surface area contributed by atoms with E-state index in [0.717, 1.165) is 25.0 Å². The fourth-order valence-corrected chi connectivity index (χ4v) is 3.96. The minimum atomic E-state index is -3.59. The number of carbonyl (C=O) groups is 1. The maximum absolute atomic E-state index is 12.2. The van der Waals surface area contributed by atoms with Crippen molar-refractivity contribution in [1.82, 2.24) is 10.0 Å². The fraction of sp³-hybridized carbons (Fsp3) is 0.381. The summed E-state index contributed by atoms with van der Waals surface area (Å²) in [6.45, 7) is 3.47. The Morgan fingerprint density at radius 3 is 2.48 bits per heavy atom. The molecule has 7 nitrogen and oxygen atoms in total. The van der Waals surface area contributed by atoms with Gasteiger partial charge in [-0.25, -0.2) is 13.1 Å². The Bertz CT molecular complexity index is 905. The number of sulfonamides is 1. The average Bonchev–Trinajstić information content (AvgIpc) is 3.24. The van der Waals surface area contributed by atoms with Crippen LogP contribution in [0.25, 0.3) is 0 Å². The highest BCUT2D eigenvalue weighted by molar-refractivity contribution is 7.89. The van der Waals surface area contributed by atoms with Gasteiger partial charge in [0.1, 0.15) is 12.4 Å². The van der Waals surface area contributed by atoms with Gasteiger partial charge in [-0.15, -0.1) is 0 Å². The summed E-state index contributed by atoms with van der Waals surface area (Å²) in [4.78, 5) is 12.4. The summed E-state index contributed by atoms with van der Waals surface area (Å²) in [5, 5.41) is 2.70. The number of benzene rings is 2. The molecular weight excluding hydrogens is 392 g/mol. The highest BCUT2D eigenvalue weighted by Crippen LogP contribution is 2.16. The molecule has 0 aliphatic carbocycles. The first-order valence-corrected chi connectivity index (χ1v) is 11.1. The van der Waals surface area contributed by atoms with E-state index in [1.807, 2.05) is 6.92 Å². The molecule has 1 aliphatic rings. The van der Waals surface area contributed by atoms with Gasteiger partial charge in [0.05, 0.1) is 11.0 Å².